The van der Waals surface area contributed by atoms with E-state index in [1.165, 1.54) is 7.11 Å². The number of ether oxygens (including phenoxy) is 2. The molecule has 0 radical (unpaired) electrons. The van der Waals surface area contributed by atoms with Crippen molar-refractivity contribution in [2.75, 3.05) is 20.8 Å². The summed E-state index contributed by atoms with van der Waals surface area (Å²) in [6.07, 6.45) is 0.198. The molecular formula is C13H19NO3. The molecule has 1 aromatic rings. The third-order valence-electron chi connectivity index (χ3n) is 2.54. The molecule has 0 fully saturated rings. The molecule has 0 aliphatic carbocycles. The lowest BCUT2D eigenvalue weighted by molar-refractivity contribution is 0.0600. The summed E-state index contributed by atoms with van der Waals surface area (Å²) in [5.74, 6) is -0.308. The van der Waals surface area contributed by atoms with E-state index < -0.39 is 0 Å². The number of nitrogens with one attached hydrogen (secondary N) is 1. The normalized spacial score (nSPS) is 12.2. The van der Waals surface area contributed by atoms with E-state index in [1.54, 1.807) is 19.2 Å². The van der Waals surface area contributed by atoms with Crippen LogP contribution >= 0.6 is 0 Å². The fourth-order valence-corrected chi connectivity index (χ4v) is 1.38. The SMILES string of the molecule is COC(=O)c1ccc(CNCC(C)OC)cc1. The van der Waals surface area contributed by atoms with Crippen molar-refractivity contribution in [2.45, 2.75) is 19.6 Å². The van der Waals surface area contributed by atoms with Crippen molar-refractivity contribution in [3.63, 3.8) is 0 Å². The van der Waals surface area contributed by atoms with Crippen molar-refractivity contribution in [1.82, 2.24) is 5.32 Å². The standard InChI is InChI=1S/C13H19NO3/c1-10(16-2)8-14-9-11-4-6-12(7-5-11)13(15)17-3/h4-7,10,14H,8-9H2,1-3H3. The molecule has 0 aliphatic rings. The highest BCUT2D eigenvalue weighted by molar-refractivity contribution is 5.89. The van der Waals surface area contributed by atoms with Crippen LogP contribution in [0.1, 0.15) is 22.8 Å². The zero-order valence-electron chi connectivity index (χ0n) is 10.5. The molecule has 1 aromatic carbocycles. The molecule has 0 bridgehead atoms. The van der Waals surface area contributed by atoms with Gasteiger partial charge in [0.15, 0.2) is 0 Å². The van der Waals surface area contributed by atoms with Crippen LogP contribution in [0, 0.1) is 0 Å². The van der Waals surface area contributed by atoms with Gasteiger partial charge < -0.3 is 14.8 Å². The fraction of sp³-hybridized carbons (Fsp3) is 0.462. The summed E-state index contributed by atoms with van der Waals surface area (Å²) in [6.45, 7) is 3.57. The summed E-state index contributed by atoms with van der Waals surface area (Å²) < 4.78 is 9.76. The van der Waals surface area contributed by atoms with Crippen LogP contribution in [0.2, 0.25) is 0 Å². The van der Waals surface area contributed by atoms with Gasteiger partial charge in [0.1, 0.15) is 0 Å². The van der Waals surface area contributed by atoms with Crippen LogP contribution in [0.4, 0.5) is 0 Å². The Balaban J connectivity index is 2.43. The maximum Gasteiger partial charge on any atom is 0.337 e. The molecule has 1 rings (SSSR count). The largest absolute Gasteiger partial charge is 0.465 e. The van der Waals surface area contributed by atoms with E-state index in [2.05, 4.69) is 10.1 Å². The number of rotatable bonds is 6. The van der Waals surface area contributed by atoms with Crippen LogP contribution in [0.5, 0.6) is 0 Å². The summed E-state index contributed by atoms with van der Waals surface area (Å²) in [5.41, 5.74) is 1.70. The maximum atomic E-state index is 11.2. The van der Waals surface area contributed by atoms with Gasteiger partial charge in [-0.15, -0.1) is 0 Å². The van der Waals surface area contributed by atoms with Crippen molar-refractivity contribution in [1.29, 1.82) is 0 Å². The highest BCUT2D eigenvalue weighted by atomic mass is 16.5. The van der Waals surface area contributed by atoms with E-state index in [4.69, 9.17) is 4.74 Å². The second kappa shape index (κ2) is 7.04. The lowest BCUT2D eigenvalue weighted by Crippen LogP contribution is -2.25. The van der Waals surface area contributed by atoms with E-state index in [-0.39, 0.29) is 12.1 Å². The number of benzene rings is 1. The summed E-state index contributed by atoms with van der Waals surface area (Å²) in [5, 5.41) is 3.27. The molecule has 1 unspecified atom stereocenters. The third-order valence-corrected chi connectivity index (χ3v) is 2.54. The van der Waals surface area contributed by atoms with Crippen molar-refractivity contribution in [2.24, 2.45) is 0 Å². The van der Waals surface area contributed by atoms with Gasteiger partial charge in [-0.05, 0) is 24.6 Å². The molecule has 1 N–H and O–H groups in total. The molecule has 0 saturated carbocycles. The third kappa shape index (κ3) is 4.54. The number of hydrogen-bond donors (Lipinski definition) is 1. The monoisotopic (exact) mass is 237 g/mol. The van der Waals surface area contributed by atoms with E-state index in [0.29, 0.717) is 5.56 Å². The predicted octanol–water partition coefficient (Wildman–Crippen LogP) is 1.60. The van der Waals surface area contributed by atoms with Crippen LogP contribution in [-0.2, 0) is 16.0 Å². The van der Waals surface area contributed by atoms with E-state index >= 15 is 0 Å². The molecule has 0 amide bonds. The Morgan fingerprint density at radius 2 is 1.94 bits per heavy atom. The Hall–Kier alpha value is -1.39. The number of methoxy groups -OCH3 is 2. The first-order chi connectivity index (χ1) is 8.17. The minimum Gasteiger partial charge on any atom is -0.465 e. The molecule has 4 heteroatoms. The van der Waals surface area contributed by atoms with E-state index in [9.17, 15) is 4.79 Å². The average molecular weight is 237 g/mol. The number of carbonyl (C=O) groups excluding carboxylic acids is 1. The van der Waals surface area contributed by atoms with Gasteiger partial charge in [0, 0.05) is 20.2 Å². The van der Waals surface area contributed by atoms with Gasteiger partial charge in [-0.1, -0.05) is 12.1 Å². The second-order valence-corrected chi connectivity index (χ2v) is 3.87. The number of esters is 1. The smallest absolute Gasteiger partial charge is 0.337 e. The lowest BCUT2D eigenvalue weighted by atomic mass is 10.1. The Morgan fingerprint density at radius 3 is 2.47 bits per heavy atom. The van der Waals surface area contributed by atoms with Crippen LogP contribution in [0.3, 0.4) is 0 Å². The predicted molar refractivity (Wildman–Crippen MR) is 66.0 cm³/mol. The number of carbonyl (C=O) groups is 1. The Labute approximate surface area is 102 Å². The quantitative estimate of drug-likeness (QED) is 0.763. The van der Waals surface area contributed by atoms with Crippen molar-refractivity contribution < 1.29 is 14.3 Å². The van der Waals surface area contributed by atoms with Crippen LogP contribution in [0.25, 0.3) is 0 Å². The van der Waals surface area contributed by atoms with Gasteiger partial charge in [-0.2, -0.15) is 0 Å². The van der Waals surface area contributed by atoms with Crippen molar-refractivity contribution in [3.8, 4) is 0 Å². The van der Waals surface area contributed by atoms with Gasteiger partial charge in [-0.25, -0.2) is 4.79 Å². The van der Waals surface area contributed by atoms with Gasteiger partial charge in [0.2, 0.25) is 0 Å². The average Bonchev–Trinajstić information content (AvgIpc) is 2.38. The van der Waals surface area contributed by atoms with Crippen molar-refractivity contribution in [3.05, 3.63) is 35.4 Å². The van der Waals surface area contributed by atoms with E-state index in [0.717, 1.165) is 18.7 Å². The molecule has 0 aliphatic heterocycles. The molecule has 0 saturated heterocycles. The highest BCUT2D eigenvalue weighted by Gasteiger charge is 2.04. The van der Waals surface area contributed by atoms with Crippen LogP contribution in [-0.4, -0.2) is 32.8 Å². The van der Waals surface area contributed by atoms with Gasteiger partial charge in [-0.3, -0.25) is 0 Å². The van der Waals surface area contributed by atoms with Crippen LogP contribution < -0.4 is 5.32 Å². The molecule has 0 spiro atoms. The highest BCUT2D eigenvalue weighted by Crippen LogP contribution is 2.05. The lowest BCUT2D eigenvalue weighted by Gasteiger charge is -2.10. The Kier molecular flexibility index (Phi) is 5.66. The summed E-state index contributed by atoms with van der Waals surface area (Å²) in [7, 11) is 3.07. The Bertz CT molecular complexity index is 348. The number of hydrogen-bond acceptors (Lipinski definition) is 4. The van der Waals surface area contributed by atoms with Gasteiger partial charge >= 0.3 is 5.97 Å². The van der Waals surface area contributed by atoms with Crippen molar-refractivity contribution >= 4 is 5.97 Å². The first kappa shape index (κ1) is 13.7. The maximum absolute atomic E-state index is 11.2. The van der Waals surface area contributed by atoms with Gasteiger partial charge in [0.05, 0.1) is 18.8 Å². The molecule has 0 aromatic heterocycles. The van der Waals surface area contributed by atoms with Crippen LogP contribution in [0.15, 0.2) is 24.3 Å². The zero-order chi connectivity index (χ0) is 12.7. The second-order valence-electron chi connectivity index (χ2n) is 3.87. The molecule has 0 heterocycles. The minimum absolute atomic E-state index is 0.198. The summed E-state index contributed by atoms with van der Waals surface area (Å²) >= 11 is 0. The molecular weight excluding hydrogens is 218 g/mol. The van der Waals surface area contributed by atoms with Gasteiger partial charge in [0.25, 0.3) is 0 Å². The Morgan fingerprint density at radius 1 is 1.29 bits per heavy atom. The zero-order valence-corrected chi connectivity index (χ0v) is 10.5. The molecule has 94 valence electrons. The molecule has 1 atom stereocenters. The molecule has 17 heavy (non-hydrogen) atoms. The molecule has 4 nitrogen and oxygen atoms in total. The first-order valence-corrected chi connectivity index (χ1v) is 5.58. The first-order valence-electron chi connectivity index (χ1n) is 5.58. The minimum atomic E-state index is -0.308. The summed E-state index contributed by atoms with van der Waals surface area (Å²) in [6, 6.07) is 7.36. The topological polar surface area (TPSA) is 47.6 Å². The fourth-order valence-electron chi connectivity index (χ4n) is 1.38. The van der Waals surface area contributed by atoms with E-state index in [1.807, 2.05) is 19.1 Å². The summed E-state index contributed by atoms with van der Waals surface area (Å²) in [4.78, 5) is 11.2.